The SMILES string of the molecule is C=CCCn1cc(-c2cc(C3(S(C)(=N)=O)CC3)nc(-c3ccnc4[nH]ccc34)n2)c2cc[nH]c2c1=O. The molecule has 0 radical (unpaired) electrons. The van der Waals surface area contributed by atoms with Crippen LogP contribution in [0.5, 0.6) is 0 Å². The van der Waals surface area contributed by atoms with Crippen LogP contribution in [0.15, 0.2) is 66.5 Å². The molecular formula is C26H25N7O2S. The minimum atomic E-state index is -2.91. The number of nitrogens with one attached hydrogen (secondary N) is 3. The molecule has 5 heterocycles. The van der Waals surface area contributed by atoms with Gasteiger partial charge in [-0.25, -0.2) is 19.2 Å². The maximum atomic E-state index is 13.1. The maximum absolute atomic E-state index is 13.1. The smallest absolute Gasteiger partial charge is 0.274 e. The largest absolute Gasteiger partial charge is 0.357 e. The summed E-state index contributed by atoms with van der Waals surface area (Å²) >= 11 is 0. The Kier molecular flexibility index (Phi) is 4.97. The van der Waals surface area contributed by atoms with Crippen LogP contribution < -0.4 is 5.56 Å². The molecule has 0 aliphatic heterocycles. The fourth-order valence-electron chi connectivity index (χ4n) is 4.85. The number of pyridine rings is 2. The zero-order valence-electron chi connectivity index (χ0n) is 19.7. The van der Waals surface area contributed by atoms with Gasteiger partial charge in [-0.1, -0.05) is 6.08 Å². The van der Waals surface area contributed by atoms with Gasteiger partial charge < -0.3 is 14.5 Å². The van der Waals surface area contributed by atoms with Crippen molar-refractivity contribution in [1.29, 1.82) is 4.78 Å². The molecule has 3 N–H and O–H groups in total. The number of aryl methyl sites for hydroxylation is 1. The molecule has 0 bridgehead atoms. The average molecular weight is 500 g/mol. The van der Waals surface area contributed by atoms with E-state index in [2.05, 4.69) is 21.5 Å². The molecule has 1 aliphatic rings. The Morgan fingerprint density at radius 1 is 1.17 bits per heavy atom. The van der Waals surface area contributed by atoms with Gasteiger partial charge in [-0.05, 0) is 43.5 Å². The van der Waals surface area contributed by atoms with Crippen molar-refractivity contribution in [3.05, 3.63) is 77.8 Å². The monoisotopic (exact) mass is 499 g/mol. The number of hydrogen-bond acceptors (Lipinski definition) is 6. The molecule has 6 rings (SSSR count). The third-order valence-electron chi connectivity index (χ3n) is 6.99. The Morgan fingerprint density at radius 3 is 2.69 bits per heavy atom. The molecule has 1 aliphatic carbocycles. The first kappa shape index (κ1) is 22.4. The fourth-order valence-corrected chi connectivity index (χ4v) is 6.24. The second kappa shape index (κ2) is 7.99. The number of hydrogen-bond donors (Lipinski definition) is 3. The Labute approximate surface area is 207 Å². The van der Waals surface area contributed by atoms with E-state index in [1.165, 1.54) is 6.26 Å². The van der Waals surface area contributed by atoms with Gasteiger partial charge in [0, 0.05) is 59.5 Å². The average Bonchev–Trinajstić information content (AvgIpc) is 3.31. The predicted octanol–water partition coefficient (Wildman–Crippen LogP) is 4.57. The molecule has 182 valence electrons. The third-order valence-corrected chi connectivity index (χ3v) is 9.10. The summed E-state index contributed by atoms with van der Waals surface area (Å²) in [6, 6.07) is 7.49. The van der Waals surface area contributed by atoms with Crippen molar-refractivity contribution in [2.24, 2.45) is 0 Å². The van der Waals surface area contributed by atoms with Gasteiger partial charge in [-0.3, -0.25) is 9.57 Å². The molecule has 36 heavy (non-hydrogen) atoms. The van der Waals surface area contributed by atoms with E-state index in [1.54, 1.807) is 23.0 Å². The van der Waals surface area contributed by atoms with Gasteiger partial charge in [-0.15, -0.1) is 6.58 Å². The summed E-state index contributed by atoms with van der Waals surface area (Å²) in [6.45, 7) is 4.26. The minimum absolute atomic E-state index is 0.111. The normalized spacial score (nSPS) is 16.2. The van der Waals surface area contributed by atoms with Gasteiger partial charge in [0.2, 0.25) is 0 Å². The maximum Gasteiger partial charge on any atom is 0.274 e. The zero-order chi connectivity index (χ0) is 25.1. The number of allylic oxidation sites excluding steroid dienone is 1. The molecule has 0 aromatic carbocycles. The molecule has 0 spiro atoms. The highest BCUT2D eigenvalue weighted by Crippen LogP contribution is 2.52. The van der Waals surface area contributed by atoms with Crippen LogP contribution in [0.2, 0.25) is 0 Å². The van der Waals surface area contributed by atoms with Crippen LogP contribution in [0, 0.1) is 4.78 Å². The Balaban J connectivity index is 1.65. The molecule has 1 saturated carbocycles. The van der Waals surface area contributed by atoms with E-state index in [-0.39, 0.29) is 5.56 Å². The van der Waals surface area contributed by atoms with Gasteiger partial charge in [0.15, 0.2) is 5.82 Å². The Bertz CT molecular complexity index is 1820. The first-order valence-electron chi connectivity index (χ1n) is 11.7. The predicted molar refractivity (Wildman–Crippen MR) is 141 cm³/mol. The van der Waals surface area contributed by atoms with Gasteiger partial charge in [0.1, 0.15) is 11.2 Å². The number of aromatic nitrogens is 6. The van der Waals surface area contributed by atoms with Crippen molar-refractivity contribution in [2.45, 2.75) is 30.6 Å². The van der Waals surface area contributed by atoms with Crippen molar-refractivity contribution >= 4 is 31.7 Å². The van der Waals surface area contributed by atoms with E-state index < -0.39 is 14.5 Å². The number of H-pyrrole nitrogens is 2. The van der Waals surface area contributed by atoms with Gasteiger partial charge in [0.05, 0.1) is 25.9 Å². The molecule has 5 aromatic rings. The highest BCUT2D eigenvalue weighted by Gasteiger charge is 2.53. The number of fused-ring (bicyclic) bond motifs is 2. The molecule has 5 aromatic heterocycles. The molecule has 9 nitrogen and oxygen atoms in total. The van der Waals surface area contributed by atoms with E-state index in [9.17, 15) is 9.00 Å². The lowest BCUT2D eigenvalue weighted by molar-refractivity contribution is 0.663. The van der Waals surface area contributed by atoms with Crippen LogP contribution in [0.1, 0.15) is 25.0 Å². The van der Waals surface area contributed by atoms with Crippen LogP contribution in [0.25, 0.3) is 44.6 Å². The van der Waals surface area contributed by atoms with Crippen LogP contribution in [0.4, 0.5) is 0 Å². The summed E-state index contributed by atoms with van der Waals surface area (Å²) < 4.78 is 22.3. The van der Waals surface area contributed by atoms with Crippen molar-refractivity contribution in [3.8, 4) is 22.6 Å². The second-order valence-corrected chi connectivity index (χ2v) is 11.8. The van der Waals surface area contributed by atoms with Crippen molar-refractivity contribution < 1.29 is 4.21 Å². The summed E-state index contributed by atoms with van der Waals surface area (Å²) in [5.74, 6) is 0.469. The molecular weight excluding hydrogens is 474 g/mol. The number of nitrogens with zero attached hydrogens (tertiary/aromatic N) is 4. The lowest BCUT2D eigenvalue weighted by Gasteiger charge is -2.18. The third kappa shape index (κ3) is 3.40. The van der Waals surface area contributed by atoms with E-state index >= 15 is 0 Å². The molecule has 10 heteroatoms. The lowest BCUT2D eigenvalue weighted by Crippen LogP contribution is -2.21. The molecule has 0 amide bonds. The van der Waals surface area contributed by atoms with Crippen LogP contribution in [-0.4, -0.2) is 40.0 Å². The number of rotatable bonds is 7. The molecule has 1 unspecified atom stereocenters. The van der Waals surface area contributed by atoms with Crippen molar-refractivity contribution in [1.82, 2.24) is 29.5 Å². The van der Waals surface area contributed by atoms with Crippen molar-refractivity contribution in [2.75, 3.05) is 6.26 Å². The lowest BCUT2D eigenvalue weighted by atomic mass is 10.1. The minimum Gasteiger partial charge on any atom is -0.357 e. The first-order chi connectivity index (χ1) is 17.3. The second-order valence-electron chi connectivity index (χ2n) is 9.28. The quantitative estimate of drug-likeness (QED) is 0.282. The van der Waals surface area contributed by atoms with Gasteiger partial charge in [-0.2, -0.15) is 0 Å². The van der Waals surface area contributed by atoms with E-state index in [0.717, 1.165) is 27.5 Å². The summed E-state index contributed by atoms with van der Waals surface area (Å²) in [5.41, 5.74) is 3.87. The number of aromatic amines is 2. The summed E-state index contributed by atoms with van der Waals surface area (Å²) in [7, 11) is -2.91. The van der Waals surface area contributed by atoms with Crippen LogP contribution in [0.3, 0.4) is 0 Å². The summed E-state index contributed by atoms with van der Waals surface area (Å²) in [5, 5.41) is 1.62. The molecule has 1 fully saturated rings. The van der Waals surface area contributed by atoms with E-state index in [1.807, 2.05) is 36.7 Å². The standard InChI is InChI=1S/C26H25N7O2S/c1-3-4-13-33-15-19(16-5-10-28-22(16)25(33)34)20-14-21(26(8-9-26)36(2,27)35)32-24(31-20)18-7-12-30-23-17(18)6-11-29-23/h3,5-7,10-12,14-15,27-28H,1,4,8-9,13H2,2H3,(H,29,30). The van der Waals surface area contributed by atoms with Gasteiger partial charge in [0.25, 0.3) is 5.56 Å². The van der Waals surface area contributed by atoms with E-state index in [0.29, 0.717) is 48.5 Å². The Morgan fingerprint density at radius 2 is 1.94 bits per heavy atom. The first-order valence-corrected chi connectivity index (χ1v) is 13.7. The molecule has 0 saturated heterocycles. The zero-order valence-corrected chi connectivity index (χ0v) is 20.6. The summed E-state index contributed by atoms with van der Waals surface area (Å²) in [4.78, 5) is 33.4. The highest BCUT2D eigenvalue weighted by molar-refractivity contribution is 7.93. The van der Waals surface area contributed by atoms with Crippen LogP contribution >= 0.6 is 0 Å². The van der Waals surface area contributed by atoms with E-state index in [4.69, 9.17) is 14.7 Å². The van der Waals surface area contributed by atoms with Crippen molar-refractivity contribution in [3.63, 3.8) is 0 Å². The topological polar surface area (TPSA) is 133 Å². The molecule has 1 atom stereocenters. The summed E-state index contributed by atoms with van der Waals surface area (Å²) in [6.07, 6.45) is 12.3. The highest BCUT2D eigenvalue weighted by atomic mass is 32.2. The van der Waals surface area contributed by atoms with Crippen LogP contribution in [-0.2, 0) is 21.0 Å². The van der Waals surface area contributed by atoms with Gasteiger partial charge >= 0.3 is 0 Å². The fraction of sp³-hybridized carbons (Fsp3) is 0.231. The Hall–Kier alpha value is -4.05.